The lowest BCUT2D eigenvalue weighted by molar-refractivity contribution is -0.130. The molecule has 3 rings (SSSR count). The van der Waals surface area contributed by atoms with Gasteiger partial charge in [0, 0.05) is 32.6 Å². The van der Waals surface area contributed by atoms with Crippen LogP contribution in [0, 0.1) is 5.82 Å². The number of sulfone groups is 1. The summed E-state index contributed by atoms with van der Waals surface area (Å²) < 4.78 is 38.6. The predicted octanol–water partition coefficient (Wildman–Crippen LogP) is 2.25. The van der Waals surface area contributed by atoms with Gasteiger partial charge in [-0.25, -0.2) is 12.8 Å². The molecule has 2 fully saturated rings. The van der Waals surface area contributed by atoms with E-state index in [4.69, 9.17) is 0 Å². The Morgan fingerprint density at radius 1 is 0.964 bits per heavy atom. The van der Waals surface area contributed by atoms with E-state index < -0.39 is 15.7 Å². The molecule has 0 N–H and O–H groups in total. The monoisotopic (exact) mass is 410 g/mol. The molecule has 1 aromatic carbocycles. The topological polar surface area (TPSA) is 74.8 Å². The van der Waals surface area contributed by atoms with Gasteiger partial charge in [-0.05, 0) is 31.4 Å². The third-order valence-corrected chi connectivity index (χ3v) is 7.91. The quantitative estimate of drug-likeness (QED) is 0.746. The second kappa shape index (κ2) is 9.03. The number of nitrogens with zero attached hydrogens (tertiary/aromatic N) is 2. The molecule has 6 nitrogen and oxygen atoms in total. The molecule has 0 spiro atoms. The van der Waals surface area contributed by atoms with Crippen LogP contribution in [-0.4, -0.2) is 67.2 Å². The van der Waals surface area contributed by atoms with E-state index in [-0.39, 0.29) is 34.8 Å². The van der Waals surface area contributed by atoms with Crippen LogP contribution in [0.25, 0.3) is 0 Å². The first-order chi connectivity index (χ1) is 13.4. The molecule has 1 saturated carbocycles. The number of hydrogen-bond donors (Lipinski definition) is 0. The Hall–Kier alpha value is -1.96. The zero-order chi connectivity index (χ0) is 20.1. The van der Waals surface area contributed by atoms with Gasteiger partial charge in [-0.2, -0.15) is 0 Å². The second-order valence-electron chi connectivity index (χ2n) is 7.53. The SMILES string of the molecule is O=C(CCS(=O)(=O)C1CCCC1)N1CCCN(C(=O)c2ccccc2F)CC1. The summed E-state index contributed by atoms with van der Waals surface area (Å²) in [6.07, 6.45) is 3.85. The van der Waals surface area contributed by atoms with E-state index in [1.165, 1.54) is 18.2 Å². The summed E-state index contributed by atoms with van der Waals surface area (Å²) in [5, 5.41) is -0.293. The van der Waals surface area contributed by atoms with Gasteiger partial charge in [-0.3, -0.25) is 9.59 Å². The number of halogens is 1. The minimum atomic E-state index is -3.22. The van der Waals surface area contributed by atoms with E-state index >= 15 is 0 Å². The summed E-state index contributed by atoms with van der Waals surface area (Å²) in [7, 11) is -3.22. The van der Waals surface area contributed by atoms with Crippen molar-refractivity contribution in [3.8, 4) is 0 Å². The van der Waals surface area contributed by atoms with Gasteiger partial charge >= 0.3 is 0 Å². The van der Waals surface area contributed by atoms with Gasteiger partial charge in [-0.1, -0.05) is 25.0 Å². The number of benzene rings is 1. The molecule has 1 aliphatic carbocycles. The van der Waals surface area contributed by atoms with Crippen molar-refractivity contribution in [3.63, 3.8) is 0 Å². The van der Waals surface area contributed by atoms with Gasteiger partial charge in [0.1, 0.15) is 5.82 Å². The molecule has 1 aromatic rings. The summed E-state index contributed by atoms with van der Waals surface area (Å²) in [6, 6.07) is 5.87. The van der Waals surface area contributed by atoms with E-state index in [9.17, 15) is 22.4 Å². The smallest absolute Gasteiger partial charge is 0.256 e. The molecule has 0 bridgehead atoms. The van der Waals surface area contributed by atoms with Crippen LogP contribution < -0.4 is 0 Å². The number of carbonyl (C=O) groups excluding carboxylic acids is 2. The van der Waals surface area contributed by atoms with Crippen molar-refractivity contribution in [3.05, 3.63) is 35.6 Å². The first-order valence-electron chi connectivity index (χ1n) is 9.91. The lowest BCUT2D eigenvalue weighted by Crippen LogP contribution is -2.38. The Labute approximate surface area is 165 Å². The third kappa shape index (κ3) is 4.90. The van der Waals surface area contributed by atoms with Crippen LogP contribution in [0.1, 0.15) is 48.9 Å². The maximum absolute atomic E-state index is 13.9. The van der Waals surface area contributed by atoms with Crippen molar-refractivity contribution in [2.24, 2.45) is 0 Å². The zero-order valence-electron chi connectivity index (χ0n) is 16.0. The molecule has 1 heterocycles. The van der Waals surface area contributed by atoms with Gasteiger partial charge in [0.25, 0.3) is 5.91 Å². The van der Waals surface area contributed by atoms with Crippen LogP contribution in [-0.2, 0) is 14.6 Å². The summed E-state index contributed by atoms with van der Waals surface area (Å²) in [5.74, 6) is -1.23. The van der Waals surface area contributed by atoms with E-state index in [0.29, 0.717) is 45.4 Å². The van der Waals surface area contributed by atoms with Crippen molar-refractivity contribution in [1.82, 2.24) is 9.80 Å². The van der Waals surface area contributed by atoms with Crippen molar-refractivity contribution >= 4 is 21.7 Å². The fourth-order valence-corrected chi connectivity index (χ4v) is 5.82. The molecule has 2 aliphatic rings. The van der Waals surface area contributed by atoms with E-state index in [2.05, 4.69) is 0 Å². The largest absolute Gasteiger partial charge is 0.341 e. The Balaban J connectivity index is 1.54. The fourth-order valence-electron chi connectivity index (χ4n) is 3.98. The summed E-state index contributed by atoms with van der Waals surface area (Å²) >= 11 is 0. The molecule has 8 heteroatoms. The van der Waals surface area contributed by atoms with Crippen molar-refractivity contribution in [2.75, 3.05) is 31.9 Å². The lowest BCUT2D eigenvalue weighted by Gasteiger charge is -2.22. The van der Waals surface area contributed by atoms with Crippen LogP contribution in [0.4, 0.5) is 4.39 Å². The van der Waals surface area contributed by atoms with E-state index in [1.807, 2.05) is 0 Å². The lowest BCUT2D eigenvalue weighted by atomic mass is 10.2. The van der Waals surface area contributed by atoms with E-state index in [0.717, 1.165) is 12.8 Å². The second-order valence-corrected chi connectivity index (χ2v) is 9.93. The van der Waals surface area contributed by atoms with Gasteiger partial charge in [0.05, 0.1) is 16.6 Å². The number of rotatable bonds is 5. The highest BCUT2D eigenvalue weighted by Crippen LogP contribution is 2.25. The fraction of sp³-hybridized carbons (Fsp3) is 0.600. The van der Waals surface area contributed by atoms with Crippen molar-refractivity contribution in [2.45, 2.75) is 43.8 Å². The molecule has 0 aromatic heterocycles. The average Bonchev–Trinajstić information content (AvgIpc) is 3.12. The van der Waals surface area contributed by atoms with Gasteiger partial charge in [0.15, 0.2) is 9.84 Å². The van der Waals surface area contributed by atoms with Gasteiger partial charge < -0.3 is 9.80 Å². The van der Waals surface area contributed by atoms with Crippen LogP contribution in [0.3, 0.4) is 0 Å². The standard InChI is InChI=1S/C20H27FN2O4S/c21-18-9-4-3-8-17(18)20(25)23-12-5-11-22(13-14-23)19(24)10-15-28(26,27)16-6-1-2-7-16/h3-4,8-9,16H,1-2,5-7,10-15H2. The van der Waals surface area contributed by atoms with Crippen LogP contribution in [0.5, 0.6) is 0 Å². The number of amides is 2. The molecule has 154 valence electrons. The van der Waals surface area contributed by atoms with Gasteiger partial charge in [0.2, 0.25) is 5.91 Å². The van der Waals surface area contributed by atoms with Crippen molar-refractivity contribution < 1.29 is 22.4 Å². The zero-order valence-corrected chi connectivity index (χ0v) is 16.8. The maximum atomic E-state index is 13.9. The maximum Gasteiger partial charge on any atom is 0.256 e. The normalized spacial score (nSPS) is 18.9. The Morgan fingerprint density at radius 2 is 1.61 bits per heavy atom. The first kappa shape index (κ1) is 20.8. The molecule has 0 unspecified atom stereocenters. The number of carbonyl (C=O) groups is 2. The predicted molar refractivity (Wildman–Crippen MR) is 104 cm³/mol. The Morgan fingerprint density at radius 3 is 2.32 bits per heavy atom. The van der Waals surface area contributed by atoms with Crippen molar-refractivity contribution in [1.29, 1.82) is 0 Å². The molecule has 2 amide bonds. The molecule has 1 aliphatic heterocycles. The molecule has 1 saturated heterocycles. The van der Waals surface area contributed by atoms with E-state index in [1.54, 1.807) is 15.9 Å². The first-order valence-corrected chi connectivity index (χ1v) is 11.6. The molecular formula is C20H27FN2O4S. The van der Waals surface area contributed by atoms with Crippen LogP contribution in [0.15, 0.2) is 24.3 Å². The average molecular weight is 411 g/mol. The summed E-state index contributed by atoms with van der Waals surface area (Å²) in [5.41, 5.74) is 0.0323. The minimum Gasteiger partial charge on any atom is -0.341 e. The molecule has 0 radical (unpaired) electrons. The Bertz CT molecular complexity index is 821. The molecule has 0 atom stereocenters. The highest BCUT2D eigenvalue weighted by atomic mass is 32.2. The highest BCUT2D eigenvalue weighted by Gasteiger charge is 2.30. The third-order valence-electron chi connectivity index (χ3n) is 5.65. The molecular weight excluding hydrogens is 383 g/mol. The van der Waals surface area contributed by atoms with Gasteiger partial charge in [-0.15, -0.1) is 0 Å². The Kier molecular flexibility index (Phi) is 6.69. The summed E-state index contributed by atoms with van der Waals surface area (Å²) in [6.45, 7) is 1.57. The number of hydrogen-bond acceptors (Lipinski definition) is 4. The highest BCUT2D eigenvalue weighted by molar-refractivity contribution is 7.92. The summed E-state index contributed by atoms with van der Waals surface area (Å²) in [4.78, 5) is 28.2. The minimum absolute atomic E-state index is 0.0138. The molecule has 28 heavy (non-hydrogen) atoms. The van der Waals surface area contributed by atoms with Crippen LogP contribution >= 0.6 is 0 Å². The van der Waals surface area contributed by atoms with Crippen LogP contribution in [0.2, 0.25) is 0 Å².